The highest BCUT2D eigenvalue weighted by Crippen LogP contribution is 2.32. The van der Waals surface area contributed by atoms with E-state index >= 15 is 0 Å². The average molecular weight is 517 g/mol. The predicted octanol–water partition coefficient (Wildman–Crippen LogP) is 5.28. The number of anilines is 4. The third-order valence-electron chi connectivity index (χ3n) is 6.26. The topological polar surface area (TPSA) is 93.7 Å². The molecule has 1 aromatic heterocycles. The number of fused-ring (bicyclic) bond motifs is 1. The van der Waals surface area contributed by atoms with Crippen LogP contribution in [0.15, 0.2) is 72.9 Å². The molecule has 0 saturated carbocycles. The lowest BCUT2D eigenvalue weighted by atomic mass is 10.0. The minimum atomic E-state index is -2.38. The maximum Gasteiger partial charge on any atom is 0.227 e. The second-order valence-electron chi connectivity index (χ2n) is 9.94. The van der Waals surface area contributed by atoms with Gasteiger partial charge in [-0.05, 0) is 56.7 Å². The third kappa shape index (κ3) is 5.58. The zero-order chi connectivity index (χ0) is 26.0. The van der Waals surface area contributed by atoms with Crippen LogP contribution in [0.3, 0.4) is 0 Å². The Morgan fingerprint density at radius 1 is 1.03 bits per heavy atom. The van der Waals surface area contributed by atoms with Crippen molar-refractivity contribution in [2.45, 2.75) is 26.3 Å². The molecule has 1 N–H and O–H groups in total. The highest BCUT2D eigenvalue weighted by molar-refractivity contribution is 7.80. The molecule has 1 aliphatic rings. The average Bonchev–Trinajstić information content (AvgIpc) is 2.88. The number of morpholine rings is 1. The van der Waals surface area contributed by atoms with E-state index in [1.807, 2.05) is 81.6 Å². The number of para-hydroxylation sites is 1. The van der Waals surface area contributed by atoms with Crippen LogP contribution in [0.4, 0.5) is 23.0 Å². The lowest BCUT2D eigenvalue weighted by Crippen LogP contribution is -2.42. The van der Waals surface area contributed by atoms with Gasteiger partial charge in [-0.2, -0.15) is 0 Å². The van der Waals surface area contributed by atoms with Gasteiger partial charge in [-0.15, -0.1) is 0 Å². The van der Waals surface area contributed by atoms with E-state index in [4.69, 9.17) is 9.72 Å². The monoisotopic (exact) mass is 516 g/mol. The summed E-state index contributed by atoms with van der Waals surface area (Å²) in [7, 11) is 0. The maximum atomic E-state index is 11.9. The normalized spacial score (nSPS) is 15.0. The van der Waals surface area contributed by atoms with Gasteiger partial charge in [0.1, 0.15) is 0 Å². The Hall–Kier alpha value is -3.53. The van der Waals surface area contributed by atoms with Crippen LogP contribution in [0.1, 0.15) is 20.8 Å². The standard InChI is InChI=1S/C28H31N5O3S/c1-28(2,3)33(37(34)35)23-12-10-20(11-13-23)25-9-4-6-21-19-29-27(31-26(21)25)30-22-7-5-8-24(18-22)32-14-16-36-17-15-32/h4-13,18-19H,14-17H2,1-3H3,(H,34,35)(H,29,30,31)/p-1. The number of aromatic nitrogens is 2. The van der Waals surface area contributed by atoms with Gasteiger partial charge in [0.2, 0.25) is 5.95 Å². The van der Waals surface area contributed by atoms with E-state index < -0.39 is 16.8 Å². The number of rotatable bonds is 6. The van der Waals surface area contributed by atoms with E-state index in [0.29, 0.717) is 11.6 Å². The first-order valence-corrected chi connectivity index (χ1v) is 13.3. The van der Waals surface area contributed by atoms with E-state index in [0.717, 1.165) is 59.7 Å². The van der Waals surface area contributed by atoms with Gasteiger partial charge in [-0.1, -0.05) is 36.4 Å². The van der Waals surface area contributed by atoms with Gasteiger partial charge in [-0.3, -0.25) is 8.51 Å². The van der Waals surface area contributed by atoms with E-state index in [1.54, 1.807) is 0 Å². The van der Waals surface area contributed by atoms with E-state index in [9.17, 15) is 8.76 Å². The minimum Gasteiger partial charge on any atom is -0.755 e. The Kier molecular flexibility index (Phi) is 7.10. The largest absolute Gasteiger partial charge is 0.755 e. The van der Waals surface area contributed by atoms with Crippen LogP contribution in [0.2, 0.25) is 0 Å². The summed E-state index contributed by atoms with van der Waals surface area (Å²) in [6, 6.07) is 21.7. The van der Waals surface area contributed by atoms with Crippen LogP contribution >= 0.6 is 0 Å². The Balaban J connectivity index is 1.44. The maximum absolute atomic E-state index is 11.9. The fourth-order valence-corrected chi connectivity index (χ4v) is 5.29. The van der Waals surface area contributed by atoms with Crippen molar-refractivity contribution < 1.29 is 13.5 Å². The second kappa shape index (κ2) is 10.5. The molecule has 2 heterocycles. The smallest absolute Gasteiger partial charge is 0.227 e. The molecule has 0 radical (unpaired) electrons. The number of hydrogen-bond acceptors (Lipinski definition) is 7. The summed E-state index contributed by atoms with van der Waals surface area (Å²) < 4.78 is 30.6. The third-order valence-corrected chi connectivity index (χ3v) is 7.32. The molecule has 3 aromatic carbocycles. The quantitative estimate of drug-likeness (QED) is 0.349. The highest BCUT2D eigenvalue weighted by Gasteiger charge is 2.23. The first-order valence-electron chi connectivity index (χ1n) is 12.3. The van der Waals surface area contributed by atoms with Crippen LogP contribution in [-0.2, 0) is 16.0 Å². The van der Waals surface area contributed by atoms with E-state index in [-0.39, 0.29) is 0 Å². The summed E-state index contributed by atoms with van der Waals surface area (Å²) in [6.45, 7) is 8.81. The number of nitrogens with zero attached hydrogens (tertiary/aromatic N) is 4. The Bertz CT molecular complexity index is 1420. The minimum absolute atomic E-state index is 0.511. The first-order chi connectivity index (χ1) is 17.8. The fraction of sp³-hybridized carbons (Fsp3) is 0.286. The molecule has 5 rings (SSSR count). The lowest BCUT2D eigenvalue weighted by molar-refractivity contribution is 0.122. The lowest BCUT2D eigenvalue weighted by Gasteiger charge is -2.38. The highest BCUT2D eigenvalue weighted by atomic mass is 32.2. The number of nitrogens with one attached hydrogen (secondary N) is 1. The summed E-state index contributed by atoms with van der Waals surface area (Å²) in [5.74, 6) is 0.511. The summed E-state index contributed by atoms with van der Waals surface area (Å²) in [5, 5.41) is 4.27. The van der Waals surface area contributed by atoms with Crippen LogP contribution in [-0.4, -0.2) is 50.6 Å². The van der Waals surface area contributed by atoms with Crippen LogP contribution in [0, 0.1) is 0 Å². The summed E-state index contributed by atoms with van der Waals surface area (Å²) in [6.07, 6.45) is 1.82. The Labute approximate surface area is 219 Å². The van der Waals surface area contributed by atoms with Crippen molar-refractivity contribution in [3.63, 3.8) is 0 Å². The van der Waals surface area contributed by atoms with Crippen molar-refractivity contribution in [1.82, 2.24) is 9.97 Å². The number of ether oxygens (including phenoxy) is 1. The predicted molar refractivity (Wildman–Crippen MR) is 149 cm³/mol. The van der Waals surface area contributed by atoms with Gasteiger partial charge in [0.15, 0.2) is 0 Å². The Morgan fingerprint density at radius 3 is 2.46 bits per heavy atom. The van der Waals surface area contributed by atoms with E-state index in [2.05, 4.69) is 27.3 Å². The van der Waals surface area contributed by atoms with Gasteiger partial charge in [0.25, 0.3) is 0 Å². The molecule has 0 bridgehead atoms. The molecule has 1 saturated heterocycles. The van der Waals surface area contributed by atoms with Crippen molar-refractivity contribution in [2.75, 3.05) is 40.8 Å². The SMILES string of the molecule is CC(C)(C)N(c1ccc(-c2cccc3cnc(Nc4cccc(N5CCOCC5)c4)nc23)cc1)S(=O)[O-]. The first kappa shape index (κ1) is 25.1. The van der Waals surface area contributed by atoms with Gasteiger partial charge in [-0.25, -0.2) is 9.97 Å². The molecule has 0 amide bonds. The molecule has 4 aromatic rings. The fourth-order valence-electron chi connectivity index (χ4n) is 4.55. The molecule has 8 nitrogen and oxygen atoms in total. The van der Waals surface area contributed by atoms with E-state index in [1.165, 1.54) is 4.31 Å². The van der Waals surface area contributed by atoms with Gasteiger partial charge in [0.05, 0.1) is 18.7 Å². The molecule has 9 heteroatoms. The molecule has 1 atom stereocenters. The summed E-state index contributed by atoms with van der Waals surface area (Å²) in [4.78, 5) is 11.7. The molecular weight excluding hydrogens is 486 g/mol. The van der Waals surface area contributed by atoms with Crippen molar-refractivity contribution in [3.05, 3.63) is 72.9 Å². The second-order valence-corrected chi connectivity index (χ2v) is 10.7. The number of benzene rings is 3. The molecule has 192 valence electrons. The molecule has 0 spiro atoms. The van der Waals surface area contributed by atoms with Gasteiger partial charge < -0.3 is 19.5 Å². The summed E-state index contributed by atoms with van der Waals surface area (Å²) in [5.41, 5.74) is 4.80. The van der Waals surface area contributed by atoms with Crippen molar-refractivity contribution in [1.29, 1.82) is 0 Å². The Morgan fingerprint density at radius 2 is 1.76 bits per heavy atom. The van der Waals surface area contributed by atoms with Crippen LogP contribution in [0.5, 0.6) is 0 Å². The van der Waals surface area contributed by atoms with Crippen molar-refractivity contribution in [2.24, 2.45) is 0 Å². The van der Waals surface area contributed by atoms with Crippen LogP contribution in [0.25, 0.3) is 22.0 Å². The zero-order valence-corrected chi connectivity index (χ0v) is 22.0. The van der Waals surface area contributed by atoms with Gasteiger partial charge in [0, 0.05) is 64.1 Å². The molecular formula is C28H30N5O3S-. The van der Waals surface area contributed by atoms with Crippen molar-refractivity contribution >= 4 is 45.2 Å². The molecule has 1 aliphatic heterocycles. The molecule has 37 heavy (non-hydrogen) atoms. The van der Waals surface area contributed by atoms with Gasteiger partial charge >= 0.3 is 0 Å². The zero-order valence-electron chi connectivity index (χ0n) is 21.2. The molecule has 0 aliphatic carbocycles. The molecule has 1 fully saturated rings. The summed E-state index contributed by atoms with van der Waals surface area (Å²) >= 11 is -2.38. The number of hydrogen-bond donors (Lipinski definition) is 1. The molecule has 1 unspecified atom stereocenters. The van der Waals surface area contributed by atoms with Crippen LogP contribution < -0.4 is 14.5 Å². The van der Waals surface area contributed by atoms with Crippen molar-refractivity contribution in [3.8, 4) is 11.1 Å².